The molecule has 1 aromatic rings. The van der Waals surface area contributed by atoms with E-state index in [1.807, 2.05) is 0 Å². The number of aldehydes is 2. The van der Waals surface area contributed by atoms with Crippen LogP contribution in [-0.4, -0.2) is 38.9 Å². The monoisotopic (exact) mass is 544 g/mol. The Morgan fingerprint density at radius 1 is 0.897 bits per heavy atom. The minimum atomic E-state index is -0.592. The van der Waals surface area contributed by atoms with Crippen molar-refractivity contribution in [3.05, 3.63) is 35.4 Å². The van der Waals surface area contributed by atoms with E-state index in [2.05, 4.69) is 40.7 Å². The molecule has 0 aliphatic carbocycles. The van der Waals surface area contributed by atoms with Gasteiger partial charge in [0.15, 0.2) is 11.5 Å². The van der Waals surface area contributed by atoms with Crippen molar-refractivity contribution in [3.8, 4) is 11.5 Å². The van der Waals surface area contributed by atoms with E-state index in [-0.39, 0.29) is 24.5 Å². The van der Waals surface area contributed by atoms with Gasteiger partial charge in [-0.05, 0) is 55.7 Å². The number of rotatable bonds is 22. The highest BCUT2D eigenvalue weighted by Gasteiger charge is 2.17. The van der Waals surface area contributed by atoms with E-state index in [1.54, 1.807) is 0 Å². The topological polar surface area (TPSA) is 78.9 Å². The molecule has 0 bridgehead atoms. The summed E-state index contributed by atoms with van der Waals surface area (Å²) in [6.45, 7) is 12.1. The summed E-state index contributed by atoms with van der Waals surface area (Å²) < 4.78 is 16.1. The van der Waals surface area contributed by atoms with E-state index >= 15 is 0 Å². The first-order chi connectivity index (χ1) is 18.7. The molecule has 0 saturated heterocycles. The Labute approximate surface area is 236 Å². The number of hydrogen-bond acceptors (Lipinski definition) is 6. The quantitative estimate of drug-likeness (QED) is 0.0483. The van der Waals surface area contributed by atoms with Crippen molar-refractivity contribution in [2.24, 2.45) is 23.7 Å². The number of carbonyl (C=O) groups excluding carboxylic acids is 3. The van der Waals surface area contributed by atoms with Crippen molar-refractivity contribution in [1.29, 1.82) is 0 Å². The lowest BCUT2D eigenvalue weighted by molar-refractivity contribution is -0.137. The maximum absolute atomic E-state index is 12.3. The predicted octanol–water partition coefficient (Wildman–Crippen LogP) is 8.02. The normalized spacial score (nSPS) is 14.1. The summed E-state index contributed by atoms with van der Waals surface area (Å²) >= 11 is 0. The minimum absolute atomic E-state index is 0.0978. The van der Waals surface area contributed by atoms with Crippen LogP contribution in [0.3, 0.4) is 0 Å². The zero-order valence-electron chi connectivity index (χ0n) is 25.2. The van der Waals surface area contributed by atoms with Gasteiger partial charge in [0.2, 0.25) is 0 Å². The third-order valence-corrected chi connectivity index (χ3v) is 7.19. The van der Waals surface area contributed by atoms with Gasteiger partial charge in [-0.15, -0.1) is 0 Å². The lowest BCUT2D eigenvalue weighted by Crippen LogP contribution is -2.19. The van der Waals surface area contributed by atoms with Crippen LogP contribution in [-0.2, 0) is 14.3 Å². The van der Waals surface area contributed by atoms with Crippen LogP contribution in [0, 0.1) is 23.7 Å². The summed E-state index contributed by atoms with van der Waals surface area (Å²) in [7, 11) is 1.43. The predicted molar refractivity (Wildman–Crippen MR) is 157 cm³/mol. The van der Waals surface area contributed by atoms with Crippen molar-refractivity contribution in [1.82, 2.24) is 0 Å². The third-order valence-electron chi connectivity index (χ3n) is 7.19. The van der Waals surface area contributed by atoms with Crippen LogP contribution in [0.1, 0.15) is 109 Å². The van der Waals surface area contributed by atoms with E-state index in [4.69, 9.17) is 14.2 Å². The molecule has 0 heterocycles. The minimum Gasteiger partial charge on any atom is -0.493 e. The molecule has 1 unspecified atom stereocenters. The zero-order valence-corrected chi connectivity index (χ0v) is 25.2. The van der Waals surface area contributed by atoms with Gasteiger partial charge in [0.05, 0.1) is 26.7 Å². The second kappa shape index (κ2) is 20.4. The molecule has 1 rings (SSSR count). The van der Waals surface area contributed by atoms with Crippen molar-refractivity contribution in [2.75, 3.05) is 20.3 Å². The van der Waals surface area contributed by atoms with Crippen LogP contribution in [0.2, 0.25) is 0 Å². The molecule has 0 aliphatic rings. The highest BCUT2D eigenvalue weighted by Crippen LogP contribution is 2.28. The second-order valence-corrected chi connectivity index (χ2v) is 11.5. The lowest BCUT2D eigenvalue weighted by Gasteiger charge is -2.15. The Balaban J connectivity index is 2.24. The maximum atomic E-state index is 12.3. The van der Waals surface area contributed by atoms with E-state index < -0.39 is 11.9 Å². The van der Waals surface area contributed by atoms with Crippen LogP contribution in [0.25, 0.3) is 0 Å². The average molecular weight is 545 g/mol. The summed E-state index contributed by atoms with van der Waals surface area (Å²) in [5, 5.41) is 0. The van der Waals surface area contributed by atoms with E-state index in [0.29, 0.717) is 18.5 Å². The van der Waals surface area contributed by atoms with Crippen molar-refractivity contribution < 1.29 is 28.6 Å². The highest BCUT2D eigenvalue weighted by atomic mass is 16.6. The summed E-state index contributed by atoms with van der Waals surface area (Å²) in [5.74, 6) is 1.75. The smallest absolute Gasteiger partial charge is 0.312 e. The summed E-state index contributed by atoms with van der Waals surface area (Å²) in [6, 6.07) is 4.52. The molecule has 1 aromatic carbocycles. The summed E-state index contributed by atoms with van der Waals surface area (Å²) in [5.41, 5.74) is 1.70. The number of methoxy groups -OCH3 is 1. The van der Waals surface area contributed by atoms with E-state index in [0.717, 1.165) is 30.5 Å². The fourth-order valence-corrected chi connectivity index (χ4v) is 4.60. The SMILES string of the molecule is COc1cc(C=O)ccc1OC(=O)CC(C=O)COC/C=C(\C)CCC[C@H](C)CCC[C@H](C)CCCC(C)C. The molecule has 0 N–H and O–H groups in total. The second-order valence-electron chi connectivity index (χ2n) is 11.5. The van der Waals surface area contributed by atoms with Gasteiger partial charge >= 0.3 is 5.97 Å². The first kappa shape index (κ1) is 34.6. The molecule has 6 heteroatoms. The largest absolute Gasteiger partial charge is 0.493 e. The van der Waals surface area contributed by atoms with Crippen LogP contribution < -0.4 is 9.47 Å². The molecule has 39 heavy (non-hydrogen) atoms. The van der Waals surface area contributed by atoms with Gasteiger partial charge < -0.3 is 19.0 Å². The van der Waals surface area contributed by atoms with Gasteiger partial charge in [-0.2, -0.15) is 0 Å². The summed E-state index contributed by atoms with van der Waals surface area (Å²) in [6.07, 6.45) is 14.9. The molecule has 220 valence electrons. The first-order valence-electron chi connectivity index (χ1n) is 14.7. The Bertz CT molecular complexity index is 875. The van der Waals surface area contributed by atoms with Gasteiger partial charge in [-0.3, -0.25) is 9.59 Å². The molecule has 0 spiro atoms. The Morgan fingerprint density at radius 3 is 2.13 bits per heavy atom. The molecular formula is C33H52O6. The summed E-state index contributed by atoms with van der Waals surface area (Å²) in [4.78, 5) is 34.7. The number of carbonyl (C=O) groups is 3. The maximum Gasteiger partial charge on any atom is 0.312 e. The Morgan fingerprint density at radius 2 is 1.54 bits per heavy atom. The van der Waals surface area contributed by atoms with Gasteiger partial charge in [-0.25, -0.2) is 0 Å². The molecule has 3 atom stereocenters. The van der Waals surface area contributed by atoms with E-state index in [1.165, 1.54) is 82.2 Å². The Hall–Kier alpha value is -2.47. The highest BCUT2D eigenvalue weighted by molar-refractivity contribution is 5.79. The van der Waals surface area contributed by atoms with Crippen molar-refractivity contribution in [2.45, 2.75) is 98.8 Å². The molecule has 6 nitrogen and oxygen atoms in total. The number of allylic oxidation sites excluding steroid dienone is 1. The van der Waals surface area contributed by atoms with Crippen LogP contribution in [0.15, 0.2) is 29.8 Å². The van der Waals surface area contributed by atoms with Gasteiger partial charge in [0.25, 0.3) is 0 Å². The number of hydrogen-bond donors (Lipinski definition) is 0. The third kappa shape index (κ3) is 16.3. The van der Waals surface area contributed by atoms with Crippen LogP contribution >= 0.6 is 0 Å². The fraction of sp³-hybridized carbons (Fsp3) is 0.667. The molecule has 0 aliphatic heterocycles. The number of ether oxygens (including phenoxy) is 3. The molecule has 0 fully saturated rings. The fourth-order valence-electron chi connectivity index (χ4n) is 4.60. The average Bonchev–Trinajstić information content (AvgIpc) is 2.90. The first-order valence-corrected chi connectivity index (χ1v) is 14.7. The number of benzene rings is 1. The van der Waals surface area contributed by atoms with Gasteiger partial charge in [-0.1, -0.05) is 84.3 Å². The lowest BCUT2D eigenvalue weighted by atomic mass is 9.91. The van der Waals surface area contributed by atoms with Gasteiger partial charge in [0.1, 0.15) is 12.6 Å². The molecule has 0 aromatic heterocycles. The molecule has 0 amide bonds. The molecule has 0 radical (unpaired) electrons. The molecule has 0 saturated carbocycles. The van der Waals surface area contributed by atoms with E-state index in [9.17, 15) is 14.4 Å². The van der Waals surface area contributed by atoms with Crippen LogP contribution in [0.5, 0.6) is 11.5 Å². The Kier molecular flexibility index (Phi) is 18.1. The van der Waals surface area contributed by atoms with Crippen molar-refractivity contribution >= 4 is 18.5 Å². The molecular weight excluding hydrogens is 492 g/mol. The van der Waals surface area contributed by atoms with Crippen LogP contribution in [0.4, 0.5) is 0 Å². The zero-order chi connectivity index (χ0) is 29.0. The van der Waals surface area contributed by atoms with Gasteiger partial charge in [0, 0.05) is 11.5 Å². The van der Waals surface area contributed by atoms with Crippen molar-refractivity contribution in [3.63, 3.8) is 0 Å². The number of esters is 1. The standard InChI is InChI=1S/C33H52O6/c1-25(2)10-7-11-26(3)12-8-13-27(4)14-9-15-28(5)18-19-38-24-30(23-35)21-33(36)39-31-17-16-29(22-34)20-32(31)37-6/h16-18,20,22-23,25-27,30H,7-15,19,21,24H2,1-6H3/b28-18+/t26-,27-,30?/m1/s1.